The minimum Gasteiger partial charge on any atom is -0.509 e. The van der Waals surface area contributed by atoms with Crippen LogP contribution in [0, 0.1) is 0 Å². The van der Waals surface area contributed by atoms with E-state index in [4.69, 9.17) is 10.0 Å². The van der Waals surface area contributed by atoms with Crippen LogP contribution in [0.25, 0.3) is 0 Å². The molecule has 2 unspecified atom stereocenters. The molecule has 3 rings (SSSR count). The fraction of sp³-hybridized carbons (Fsp3) is 0.545. The van der Waals surface area contributed by atoms with Gasteiger partial charge in [-0.1, -0.05) is 0 Å². The highest BCUT2D eigenvalue weighted by Gasteiger charge is 2.41. The lowest BCUT2D eigenvalue weighted by Gasteiger charge is -2.33. The first-order valence-corrected chi connectivity index (χ1v) is 6.28. The number of hydrogen-bond acceptors (Lipinski definition) is 7. The van der Waals surface area contributed by atoms with E-state index >= 15 is 0 Å². The largest absolute Gasteiger partial charge is 0.707 e. The van der Waals surface area contributed by atoms with Crippen LogP contribution in [-0.4, -0.2) is 45.2 Å². The van der Waals surface area contributed by atoms with Crippen molar-refractivity contribution in [2.75, 3.05) is 4.90 Å². The molecule has 100 valence electrons. The number of carbonyl (C=O) groups is 1. The second-order valence-electron chi connectivity index (χ2n) is 4.90. The Balaban J connectivity index is 1.78. The maximum atomic E-state index is 11.5. The van der Waals surface area contributed by atoms with Gasteiger partial charge in [0.05, 0.1) is 12.4 Å². The third kappa shape index (κ3) is 2.41. The van der Waals surface area contributed by atoms with Gasteiger partial charge in [0.2, 0.25) is 5.95 Å². The highest BCUT2D eigenvalue weighted by Crippen LogP contribution is 2.36. The number of fused-ring (bicyclic) bond motifs is 2. The Kier molecular flexibility index (Phi) is 3.12. The summed E-state index contributed by atoms with van der Waals surface area (Å²) in [5.74, 6) is 1.08. The second-order valence-corrected chi connectivity index (χ2v) is 4.90. The first kappa shape index (κ1) is 12.4. The molecule has 3 heterocycles. The van der Waals surface area contributed by atoms with Crippen molar-refractivity contribution in [2.45, 2.75) is 37.8 Å². The molecule has 1 aromatic heterocycles. The molecule has 8 heteroatoms. The van der Waals surface area contributed by atoms with Crippen LogP contribution >= 0.6 is 0 Å². The zero-order valence-electron chi connectivity index (χ0n) is 10.3. The van der Waals surface area contributed by atoms with Crippen molar-refractivity contribution >= 4 is 19.1 Å². The lowest BCUT2D eigenvalue weighted by Crippen LogP contribution is -2.44. The summed E-state index contributed by atoms with van der Waals surface area (Å²) in [6.45, 7) is 0. The molecule has 2 fully saturated rings. The molecule has 2 bridgehead atoms. The molecule has 2 saturated heterocycles. The average molecular weight is 263 g/mol. The van der Waals surface area contributed by atoms with E-state index in [-0.39, 0.29) is 17.8 Å². The lowest BCUT2D eigenvalue weighted by atomic mass is 10.0. The summed E-state index contributed by atoms with van der Waals surface area (Å²) >= 11 is 0. The summed E-state index contributed by atoms with van der Waals surface area (Å²) in [6, 6.07) is 0.392. The number of piperidine rings is 1. The summed E-state index contributed by atoms with van der Waals surface area (Å²) in [5.41, 5.74) is 0. The third-order valence-electron chi connectivity index (χ3n) is 3.63. The number of anilines is 1. The van der Waals surface area contributed by atoms with Crippen molar-refractivity contribution in [3.05, 3.63) is 12.4 Å². The molecule has 2 aliphatic rings. The summed E-state index contributed by atoms with van der Waals surface area (Å²) in [4.78, 5) is 22.0. The monoisotopic (exact) mass is 263 g/mol. The van der Waals surface area contributed by atoms with E-state index < -0.39 is 7.32 Å². The Morgan fingerprint density at radius 2 is 1.79 bits per heavy atom. The molecule has 7 nitrogen and oxygen atoms in total. The predicted octanol–water partition coefficient (Wildman–Crippen LogP) is -0.475. The van der Waals surface area contributed by atoms with E-state index in [0.29, 0.717) is 24.6 Å². The molecule has 2 atom stereocenters. The number of carbonyl (C=O) groups excluding carboxylic acids is 1. The number of hydrogen-bond donors (Lipinski definition) is 2. The standard InChI is InChI=1S/C11H14BN3O4/c16-9-3-7-1-2-8(4-9)15(7)11-13-5-10(6-14-11)19-12(17)18/h5-8,17-18H,1-4H2. The quantitative estimate of drug-likeness (QED) is 0.711. The van der Waals surface area contributed by atoms with E-state index in [9.17, 15) is 4.79 Å². The molecule has 0 spiro atoms. The van der Waals surface area contributed by atoms with Crippen molar-refractivity contribution in [2.24, 2.45) is 0 Å². The maximum absolute atomic E-state index is 11.5. The molecular weight excluding hydrogens is 249 g/mol. The summed E-state index contributed by atoms with van der Waals surface area (Å²) in [5, 5.41) is 17.4. The molecule has 0 aromatic carbocycles. The normalized spacial score (nSPS) is 25.6. The van der Waals surface area contributed by atoms with Crippen LogP contribution in [-0.2, 0) is 4.79 Å². The fourth-order valence-electron chi connectivity index (χ4n) is 2.92. The van der Waals surface area contributed by atoms with Crippen LogP contribution in [0.5, 0.6) is 5.75 Å². The van der Waals surface area contributed by atoms with Crippen molar-refractivity contribution < 1.29 is 19.5 Å². The molecule has 0 aliphatic carbocycles. The van der Waals surface area contributed by atoms with Gasteiger partial charge >= 0.3 is 7.32 Å². The number of aromatic nitrogens is 2. The fourth-order valence-corrected chi connectivity index (χ4v) is 2.92. The van der Waals surface area contributed by atoms with Gasteiger partial charge in [-0.15, -0.1) is 0 Å². The zero-order valence-corrected chi connectivity index (χ0v) is 10.3. The van der Waals surface area contributed by atoms with E-state index in [0.717, 1.165) is 12.8 Å². The number of ketones is 1. The van der Waals surface area contributed by atoms with Gasteiger partial charge in [0.15, 0.2) is 0 Å². The van der Waals surface area contributed by atoms with Crippen LogP contribution in [0.2, 0.25) is 0 Å². The van der Waals surface area contributed by atoms with Gasteiger partial charge in [0.25, 0.3) is 0 Å². The Bertz CT molecular complexity index is 465. The van der Waals surface area contributed by atoms with Gasteiger partial charge in [-0.3, -0.25) is 4.79 Å². The second kappa shape index (κ2) is 4.78. The lowest BCUT2D eigenvalue weighted by molar-refractivity contribution is -0.120. The minimum absolute atomic E-state index is 0.194. The smallest absolute Gasteiger partial charge is 0.509 e. The van der Waals surface area contributed by atoms with Crippen LogP contribution in [0.3, 0.4) is 0 Å². The summed E-state index contributed by atoms with van der Waals surface area (Å²) in [6.07, 6.45) is 5.91. The highest BCUT2D eigenvalue weighted by molar-refractivity contribution is 6.33. The Hall–Kier alpha value is -1.67. The first-order chi connectivity index (χ1) is 9.13. The van der Waals surface area contributed by atoms with Gasteiger partial charge in [-0.25, -0.2) is 9.97 Å². The third-order valence-corrected chi connectivity index (χ3v) is 3.63. The topological polar surface area (TPSA) is 95.8 Å². The molecule has 2 aliphatic heterocycles. The minimum atomic E-state index is -1.88. The Morgan fingerprint density at radius 1 is 1.21 bits per heavy atom. The predicted molar refractivity (Wildman–Crippen MR) is 66.4 cm³/mol. The van der Waals surface area contributed by atoms with Gasteiger partial charge in [0.1, 0.15) is 11.5 Å². The van der Waals surface area contributed by atoms with Crippen LogP contribution in [0.1, 0.15) is 25.7 Å². The van der Waals surface area contributed by atoms with Gasteiger partial charge in [-0.05, 0) is 12.8 Å². The van der Waals surface area contributed by atoms with Gasteiger partial charge in [-0.2, -0.15) is 0 Å². The van der Waals surface area contributed by atoms with E-state index in [1.807, 2.05) is 0 Å². The zero-order chi connectivity index (χ0) is 13.4. The van der Waals surface area contributed by atoms with Crippen molar-refractivity contribution in [3.63, 3.8) is 0 Å². The van der Waals surface area contributed by atoms with Crippen LogP contribution in [0.4, 0.5) is 5.95 Å². The number of rotatable bonds is 3. The SMILES string of the molecule is O=C1CC2CCC(C1)N2c1ncc(OB(O)O)cn1. The maximum Gasteiger partial charge on any atom is 0.707 e. The van der Waals surface area contributed by atoms with E-state index in [1.54, 1.807) is 0 Å². The van der Waals surface area contributed by atoms with E-state index in [1.165, 1.54) is 12.4 Å². The molecule has 0 radical (unpaired) electrons. The molecule has 1 aromatic rings. The van der Waals surface area contributed by atoms with Gasteiger partial charge < -0.3 is 19.6 Å². The van der Waals surface area contributed by atoms with Crippen molar-refractivity contribution in [1.82, 2.24) is 9.97 Å². The first-order valence-electron chi connectivity index (χ1n) is 6.28. The van der Waals surface area contributed by atoms with Crippen molar-refractivity contribution in [1.29, 1.82) is 0 Å². The van der Waals surface area contributed by atoms with Crippen LogP contribution in [0.15, 0.2) is 12.4 Å². The highest BCUT2D eigenvalue weighted by atomic mass is 16.6. The van der Waals surface area contributed by atoms with E-state index in [2.05, 4.69) is 19.5 Å². The summed E-state index contributed by atoms with van der Waals surface area (Å²) < 4.78 is 4.66. The number of nitrogens with zero attached hydrogens (tertiary/aromatic N) is 3. The number of Topliss-reactive ketones (excluding diaryl/α,β-unsaturated/α-hetero) is 1. The molecule has 0 saturated carbocycles. The Labute approximate surface area is 110 Å². The molecule has 2 N–H and O–H groups in total. The summed E-state index contributed by atoms with van der Waals surface area (Å²) in [7, 11) is -1.88. The van der Waals surface area contributed by atoms with Crippen molar-refractivity contribution in [3.8, 4) is 5.75 Å². The van der Waals surface area contributed by atoms with Crippen LogP contribution < -0.4 is 9.55 Å². The average Bonchev–Trinajstić information content (AvgIpc) is 2.63. The van der Waals surface area contributed by atoms with Gasteiger partial charge in [0, 0.05) is 24.9 Å². The molecule has 0 amide bonds. The molecule has 19 heavy (non-hydrogen) atoms. The Morgan fingerprint density at radius 3 is 2.32 bits per heavy atom. The molecular formula is C11H14BN3O4.